The Labute approximate surface area is 125 Å². The Morgan fingerprint density at radius 3 is 2.71 bits per heavy atom. The van der Waals surface area contributed by atoms with E-state index in [4.69, 9.17) is 9.47 Å². The van der Waals surface area contributed by atoms with Crippen molar-refractivity contribution in [3.05, 3.63) is 18.2 Å². The van der Waals surface area contributed by atoms with E-state index in [0.29, 0.717) is 29.5 Å². The Morgan fingerprint density at radius 2 is 2.10 bits per heavy atom. The molecular weight excluding hydrogens is 266 g/mol. The summed E-state index contributed by atoms with van der Waals surface area (Å²) in [5.74, 6) is 3.68. The highest BCUT2D eigenvalue weighted by Crippen LogP contribution is 2.49. The van der Waals surface area contributed by atoms with Crippen molar-refractivity contribution in [3.63, 3.8) is 0 Å². The Hall–Kier alpha value is -1.71. The van der Waals surface area contributed by atoms with E-state index in [1.165, 1.54) is 25.7 Å². The van der Waals surface area contributed by atoms with E-state index in [2.05, 4.69) is 5.32 Å². The van der Waals surface area contributed by atoms with Gasteiger partial charge in [-0.1, -0.05) is 6.42 Å². The van der Waals surface area contributed by atoms with E-state index < -0.39 is 0 Å². The van der Waals surface area contributed by atoms with Gasteiger partial charge in [0, 0.05) is 12.5 Å². The fourth-order valence-corrected chi connectivity index (χ4v) is 3.98. The molecule has 114 valence electrons. The second kappa shape index (κ2) is 5.96. The first-order chi connectivity index (χ1) is 10.2. The van der Waals surface area contributed by atoms with Gasteiger partial charge in [-0.2, -0.15) is 0 Å². The SMILES string of the molecule is COc1ccc(OC)c(NC(=O)C[C@@H]2C[C@@H]3CC[C@@H]2C3)c1. The van der Waals surface area contributed by atoms with Crippen LogP contribution in [0.3, 0.4) is 0 Å². The van der Waals surface area contributed by atoms with Crippen LogP contribution in [-0.2, 0) is 4.79 Å². The molecule has 3 rings (SSSR count). The molecule has 3 atom stereocenters. The molecule has 2 aliphatic carbocycles. The normalized spacial score (nSPS) is 26.7. The zero-order valence-corrected chi connectivity index (χ0v) is 12.7. The Bertz CT molecular complexity index is 529. The lowest BCUT2D eigenvalue weighted by Crippen LogP contribution is -2.20. The third-order valence-electron chi connectivity index (χ3n) is 5.01. The molecule has 0 aliphatic heterocycles. The Kier molecular flexibility index (Phi) is 4.04. The van der Waals surface area contributed by atoms with E-state index >= 15 is 0 Å². The van der Waals surface area contributed by atoms with Gasteiger partial charge in [0.1, 0.15) is 11.5 Å². The first-order valence-electron chi connectivity index (χ1n) is 7.71. The number of amides is 1. The molecule has 0 saturated heterocycles. The lowest BCUT2D eigenvalue weighted by Gasteiger charge is -2.21. The number of carbonyl (C=O) groups is 1. The van der Waals surface area contributed by atoms with E-state index in [1.807, 2.05) is 12.1 Å². The van der Waals surface area contributed by atoms with Crippen LogP contribution in [0.25, 0.3) is 0 Å². The molecule has 2 bridgehead atoms. The highest BCUT2D eigenvalue weighted by molar-refractivity contribution is 5.92. The highest BCUT2D eigenvalue weighted by atomic mass is 16.5. The van der Waals surface area contributed by atoms with Crippen LogP contribution in [0.4, 0.5) is 5.69 Å². The third-order valence-corrected chi connectivity index (χ3v) is 5.01. The van der Waals surface area contributed by atoms with Gasteiger partial charge < -0.3 is 14.8 Å². The number of methoxy groups -OCH3 is 2. The van der Waals surface area contributed by atoms with Gasteiger partial charge in [0.05, 0.1) is 19.9 Å². The molecule has 0 aromatic heterocycles. The molecule has 0 heterocycles. The lowest BCUT2D eigenvalue weighted by molar-refractivity contribution is -0.117. The second-order valence-electron chi connectivity index (χ2n) is 6.25. The molecule has 2 saturated carbocycles. The van der Waals surface area contributed by atoms with Gasteiger partial charge in [-0.15, -0.1) is 0 Å². The summed E-state index contributed by atoms with van der Waals surface area (Å²) in [7, 11) is 3.22. The van der Waals surface area contributed by atoms with Crippen LogP contribution < -0.4 is 14.8 Å². The molecule has 21 heavy (non-hydrogen) atoms. The van der Waals surface area contributed by atoms with Gasteiger partial charge >= 0.3 is 0 Å². The molecular formula is C17H23NO3. The van der Waals surface area contributed by atoms with Crippen LogP contribution in [-0.4, -0.2) is 20.1 Å². The predicted octanol–water partition coefficient (Wildman–Crippen LogP) is 3.47. The maximum atomic E-state index is 12.3. The van der Waals surface area contributed by atoms with Crippen molar-refractivity contribution in [2.24, 2.45) is 17.8 Å². The Morgan fingerprint density at radius 1 is 1.24 bits per heavy atom. The molecule has 0 unspecified atom stereocenters. The van der Waals surface area contributed by atoms with Gasteiger partial charge in [0.15, 0.2) is 0 Å². The minimum Gasteiger partial charge on any atom is -0.497 e. The minimum absolute atomic E-state index is 0.0825. The molecule has 1 aromatic rings. The van der Waals surface area contributed by atoms with E-state index in [9.17, 15) is 4.79 Å². The number of benzene rings is 1. The fourth-order valence-electron chi connectivity index (χ4n) is 3.98. The summed E-state index contributed by atoms with van der Waals surface area (Å²) in [4.78, 5) is 12.3. The van der Waals surface area contributed by atoms with Gasteiger partial charge in [-0.3, -0.25) is 4.79 Å². The average Bonchev–Trinajstić information content (AvgIpc) is 3.09. The van der Waals surface area contributed by atoms with Crippen LogP contribution in [0.5, 0.6) is 11.5 Å². The number of carbonyl (C=O) groups excluding carboxylic acids is 1. The summed E-state index contributed by atoms with van der Waals surface area (Å²) in [6, 6.07) is 5.44. The average molecular weight is 289 g/mol. The van der Waals surface area contributed by atoms with E-state index in [0.717, 1.165) is 11.8 Å². The number of rotatable bonds is 5. The summed E-state index contributed by atoms with van der Waals surface area (Å²) >= 11 is 0. The van der Waals surface area contributed by atoms with Crippen molar-refractivity contribution in [3.8, 4) is 11.5 Å². The predicted molar refractivity (Wildman–Crippen MR) is 81.7 cm³/mol. The number of hydrogen-bond acceptors (Lipinski definition) is 3. The van der Waals surface area contributed by atoms with Crippen LogP contribution in [0.2, 0.25) is 0 Å². The van der Waals surface area contributed by atoms with Gasteiger partial charge in [0.25, 0.3) is 0 Å². The van der Waals surface area contributed by atoms with Gasteiger partial charge in [-0.25, -0.2) is 0 Å². The van der Waals surface area contributed by atoms with Crippen molar-refractivity contribution in [1.82, 2.24) is 0 Å². The quantitative estimate of drug-likeness (QED) is 0.903. The first kappa shape index (κ1) is 14.2. The number of anilines is 1. The topological polar surface area (TPSA) is 47.6 Å². The first-order valence-corrected chi connectivity index (χ1v) is 7.71. The van der Waals surface area contributed by atoms with Crippen molar-refractivity contribution >= 4 is 11.6 Å². The molecule has 1 amide bonds. The van der Waals surface area contributed by atoms with Crippen LogP contribution in [0, 0.1) is 17.8 Å². The minimum atomic E-state index is 0.0825. The lowest BCUT2D eigenvalue weighted by atomic mass is 9.86. The molecule has 1 aromatic carbocycles. The fraction of sp³-hybridized carbons (Fsp3) is 0.588. The molecule has 4 heteroatoms. The molecule has 2 aliphatic rings. The van der Waals surface area contributed by atoms with Crippen molar-refractivity contribution in [2.75, 3.05) is 19.5 Å². The third kappa shape index (κ3) is 2.99. The number of ether oxygens (including phenoxy) is 2. The zero-order chi connectivity index (χ0) is 14.8. The molecule has 0 spiro atoms. The monoisotopic (exact) mass is 289 g/mol. The maximum absolute atomic E-state index is 12.3. The van der Waals surface area contributed by atoms with Gasteiger partial charge in [0.2, 0.25) is 5.91 Å². The smallest absolute Gasteiger partial charge is 0.224 e. The van der Waals surface area contributed by atoms with Gasteiger partial charge in [-0.05, 0) is 49.1 Å². The second-order valence-corrected chi connectivity index (χ2v) is 6.25. The van der Waals surface area contributed by atoms with E-state index in [1.54, 1.807) is 20.3 Å². The highest BCUT2D eigenvalue weighted by Gasteiger charge is 2.40. The molecule has 0 radical (unpaired) electrons. The zero-order valence-electron chi connectivity index (χ0n) is 12.7. The van der Waals surface area contributed by atoms with Crippen molar-refractivity contribution < 1.29 is 14.3 Å². The number of hydrogen-bond donors (Lipinski definition) is 1. The van der Waals surface area contributed by atoms with Crippen molar-refractivity contribution in [1.29, 1.82) is 0 Å². The molecule has 1 N–H and O–H groups in total. The van der Waals surface area contributed by atoms with Crippen LogP contribution in [0.1, 0.15) is 32.1 Å². The summed E-state index contributed by atoms with van der Waals surface area (Å²) in [6.07, 6.45) is 5.87. The maximum Gasteiger partial charge on any atom is 0.224 e. The number of fused-ring (bicyclic) bond motifs is 2. The summed E-state index contributed by atoms with van der Waals surface area (Å²) in [6.45, 7) is 0. The number of nitrogens with one attached hydrogen (secondary N) is 1. The van der Waals surface area contributed by atoms with E-state index in [-0.39, 0.29) is 5.91 Å². The molecule has 4 nitrogen and oxygen atoms in total. The van der Waals surface area contributed by atoms with Crippen molar-refractivity contribution in [2.45, 2.75) is 32.1 Å². The molecule has 2 fully saturated rings. The summed E-state index contributed by atoms with van der Waals surface area (Å²) in [5, 5.41) is 2.98. The summed E-state index contributed by atoms with van der Waals surface area (Å²) < 4.78 is 10.5. The standard InChI is InChI=1S/C17H23NO3/c1-20-14-5-6-16(21-2)15(10-14)18-17(19)9-13-8-11-3-4-12(13)7-11/h5-6,10-13H,3-4,7-9H2,1-2H3,(H,18,19)/t11-,12-,13+/m1/s1. The largest absolute Gasteiger partial charge is 0.497 e. The summed E-state index contributed by atoms with van der Waals surface area (Å²) in [5.41, 5.74) is 0.685. The van der Waals surface area contributed by atoms with Crippen LogP contribution in [0.15, 0.2) is 18.2 Å². The van der Waals surface area contributed by atoms with Crippen LogP contribution >= 0.6 is 0 Å². The Balaban J connectivity index is 1.64.